The fourth-order valence-electron chi connectivity index (χ4n) is 3.72. The van der Waals surface area contributed by atoms with Crippen LogP contribution < -0.4 is 5.32 Å². The lowest BCUT2D eigenvalue weighted by Gasteiger charge is -2.38. The van der Waals surface area contributed by atoms with Gasteiger partial charge in [-0.2, -0.15) is 0 Å². The standard InChI is InChI=1S/C16H31NO/c1-12(2)15-5-4-13(3)10-16(15)17-8-6-14-7-9-18-11-14/h12-17H,4-11H2,1-3H3. The van der Waals surface area contributed by atoms with Gasteiger partial charge in [0.25, 0.3) is 0 Å². The minimum absolute atomic E-state index is 0.760. The molecule has 0 bridgehead atoms. The third-order valence-corrected chi connectivity index (χ3v) is 5.01. The molecule has 4 atom stereocenters. The van der Waals surface area contributed by atoms with Gasteiger partial charge in [-0.15, -0.1) is 0 Å². The number of ether oxygens (including phenoxy) is 1. The van der Waals surface area contributed by atoms with Gasteiger partial charge in [0.2, 0.25) is 0 Å². The Kier molecular flexibility index (Phi) is 5.50. The van der Waals surface area contributed by atoms with E-state index >= 15 is 0 Å². The Hall–Kier alpha value is -0.0800. The molecule has 2 fully saturated rings. The Morgan fingerprint density at radius 1 is 1.22 bits per heavy atom. The van der Waals surface area contributed by atoms with Gasteiger partial charge >= 0.3 is 0 Å². The van der Waals surface area contributed by atoms with Gasteiger partial charge in [0.1, 0.15) is 0 Å². The highest BCUT2D eigenvalue weighted by molar-refractivity contribution is 4.85. The topological polar surface area (TPSA) is 21.3 Å². The average Bonchev–Trinajstić information content (AvgIpc) is 2.82. The first-order valence-corrected chi connectivity index (χ1v) is 7.98. The van der Waals surface area contributed by atoms with Crippen molar-refractivity contribution in [2.45, 2.75) is 58.9 Å². The lowest BCUT2D eigenvalue weighted by molar-refractivity contribution is 0.164. The van der Waals surface area contributed by atoms with E-state index in [1.807, 2.05) is 0 Å². The molecule has 1 aliphatic carbocycles. The molecule has 1 N–H and O–H groups in total. The molecule has 0 aromatic rings. The van der Waals surface area contributed by atoms with E-state index in [1.54, 1.807) is 0 Å². The van der Waals surface area contributed by atoms with E-state index in [4.69, 9.17) is 4.74 Å². The highest BCUT2D eigenvalue weighted by Gasteiger charge is 2.30. The minimum Gasteiger partial charge on any atom is -0.381 e. The van der Waals surface area contributed by atoms with E-state index in [2.05, 4.69) is 26.1 Å². The van der Waals surface area contributed by atoms with E-state index in [1.165, 1.54) is 38.6 Å². The Balaban J connectivity index is 1.73. The van der Waals surface area contributed by atoms with Gasteiger partial charge in [0, 0.05) is 19.3 Å². The molecule has 0 aromatic heterocycles. The summed E-state index contributed by atoms with van der Waals surface area (Å²) in [4.78, 5) is 0. The maximum Gasteiger partial charge on any atom is 0.0495 e. The van der Waals surface area contributed by atoms with E-state index in [0.29, 0.717) is 0 Å². The predicted molar refractivity (Wildman–Crippen MR) is 76.7 cm³/mol. The summed E-state index contributed by atoms with van der Waals surface area (Å²) in [6.45, 7) is 10.4. The monoisotopic (exact) mass is 253 g/mol. The summed E-state index contributed by atoms with van der Waals surface area (Å²) in [5.41, 5.74) is 0. The van der Waals surface area contributed by atoms with Crippen LogP contribution in [0.1, 0.15) is 52.9 Å². The Morgan fingerprint density at radius 3 is 2.72 bits per heavy atom. The van der Waals surface area contributed by atoms with Gasteiger partial charge in [-0.05, 0) is 55.9 Å². The summed E-state index contributed by atoms with van der Waals surface area (Å²) >= 11 is 0. The van der Waals surface area contributed by atoms with Crippen LogP contribution in [0, 0.1) is 23.7 Å². The van der Waals surface area contributed by atoms with E-state index < -0.39 is 0 Å². The van der Waals surface area contributed by atoms with Crippen molar-refractivity contribution in [1.29, 1.82) is 0 Å². The van der Waals surface area contributed by atoms with Crippen LogP contribution in [-0.4, -0.2) is 25.8 Å². The lowest BCUT2D eigenvalue weighted by Crippen LogP contribution is -2.43. The molecule has 0 amide bonds. The van der Waals surface area contributed by atoms with E-state index in [0.717, 1.165) is 42.9 Å². The van der Waals surface area contributed by atoms with Crippen LogP contribution in [-0.2, 0) is 4.74 Å². The second-order valence-corrected chi connectivity index (χ2v) is 6.91. The van der Waals surface area contributed by atoms with Gasteiger partial charge in [0.05, 0.1) is 0 Å². The Morgan fingerprint density at radius 2 is 2.06 bits per heavy atom. The predicted octanol–water partition coefficient (Wildman–Crippen LogP) is 3.46. The summed E-state index contributed by atoms with van der Waals surface area (Å²) in [6.07, 6.45) is 6.80. The molecule has 0 radical (unpaired) electrons. The van der Waals surface area contributed by atoms with Crippen molar-refractivity contribution < 1.29 is 4.74 Å². The summed E-state index contributed by atoms with van der Waals surface area (Å²) in [5, 5.41) is 3.85. The summed E-state index contributed by atoms with van der Waals surface area (Å²) in [6, 6.07) is 0.760. The molecule has 0 spiro atoms. The molecule has 0 aromatic carbocycles. The molecule has 1 saturated carbocycles. The number of rotatable bonds is 5. The Labute approximate surface area is 113 Å². The summed E-state index contributed by atoms with van der Waals surface area (Å²) in [5.74, 6) is 3.44. The molecule has 106 valence electrons. The van der Waals surface area contributed by atoms with Crippen molar-refractivity contribution in [1.82, 2.24) is 5.32 Å². The molecule has 2 nitrogen and oxygen atoms in total. The normalized spacial score (nSPS) is 37.3. The molecule has 1 saturated heterocycles. The first-order valence-electron chi connectivity index (χ1n) is 7.98. The quantitative estimate of drug-likeness (QED) is 0.810. The lowest BCUT2D eigenvalue weighted by atomic mass is 9.74. The second kappa shape index (κ2) is 6.91. The van der Waals surface area contributed by atoms with Crippen LogP contribution in [0.25, 0.3) is 0 Å². The van der Waals surface area contributed by atoms with Gasteiger partial charge in [-0.25, -0.2) is 0 Å². The molecular formula is C16H31NO. The highest BCUT2D eigenvalue weighted by atomic mass is 16.5. The van der Waals surface area contributed by atoms with Gasteiger partial charge in [0.15, 0.2) is 0 Å². The van der Waals surface area contributed by atoms with Crippen LogP contribution in [0.15, 0.2) is 0 Å². The van der Waals surface area contributed by atoms with Gasteiger partial charge in [-0.1, -0.05) is 27.2 Å². The van der Waals surface area contributed by atoms with Gasteiger partial charge in [-0.3, -0.25) is 0 Å². The molecule has 4 unspecified atom stereocenters. The third-order valence-electron chi connectivity index (χ3n) is 5.01. The number of hydrogen-bond acceptors (Lipinski definition) is 2. The smallest absolute Gasteiger partial charge is 0.0495 e. The third kappa shape index (κ3) is 3.96. The van der Waals surface area contributed by atoms with Crippen molar-refractivity contribution in [2.75, 3.05) is 19.8 Å². The molecule has 18 heavy (non-hydrogen) atoms. The van der Waals surface area contributed by atoms with Crippen LogP contribution >= 0.6 is 0 Å². The van der Waals surface area contributed by atoms with Gasteiger partial charge < -0.3 is 10.1 Å². The number of hydrogen-bond donors (Lipinski definition) is 1. The van der Waals surface area contributed by atoms with Crippen LogP contribution in [0.5, 0.6) is 0 Å². The Bertz CT molecular complexity index is 235. The fourth-order valence-corrected chi connectivity index (χ4v) is 3.72. The first kappa shape index (κ1) is 14.3. The largest absolute Gasteiger partial charge is 0.381 e. The van der Waals surface area contributed by atoms with Crippen molar-refractivity contribution in [3.63, 3.8) is 0 Å². The van der Waals surface area contributed by atoms with Crippen LogP contribution in [0.4, 0.5) is 0 Å². The first-order chi connectivity index (χ1) is 8.66. The van der Waals surface area contributed by atoms with Crippen LogP contribution in [0.3, 0.4) is 0 Å². The van der Waals surface area contributed by atoms with E-state index in [-0.39, 0.29) is 0 Å². The van der Waals surface area contributed by atoms with Crippen molar-refractivity contribution in [2.24, 2.45) is 23.7 Å². The average molecular weight is 253 g/mol. The molecule has 2 heteroatoms. The molecule has 1 heterocycles. The minimum atomic E-state index is 0.760. The summed E-state index contributed by atoms with van der Waals surface area (Å²) in [7, 11) is 0. The van der Waals surface area contributed by atoms with Crippen molar-refractivity contribution >= 4 is 0 Å². The SMILES string of the molecule is CC1CCC(C(C)C)C(NCCC2CCOC2)C1. The zero-order chi connectivity index (χ0) is 13.0. The zero-order valence-electron chi connectivity index (χ0n) is 12.5. The molecule has 1 aliphatic heterocycles. The zero-order valence-corrected chi connectivity index (χ0v) is 12.5. The molecule has 2 rings (SSSR count). The number of nitrogens with one attached hydrogen (secondary N) is 1. The van der Waals surface area contributed by atoms with E-state index in [9.17, 15) is 0 Å². The maximum absolute atomic E-state index is 5.45. The molecule has 2 aliphatic rings. The van der Waals surface area contributed by atoms with Crippen molar-refractivity contribution in [3.8, 4) is 0 Å². The second-order valence-electron chi connectivity index (χ2n) is 6.91. The summed E-state index contributed by atoms with van der Waals surface area (Å²) < 4.78 is 5.45. The fraction of sp³-hybridized carbons (Fsp3) is 1.00. The van der Waals surface area contributed by atoms with Crippen molar-refractivity contribution in [3.05, 3.63) is 0 Å². The van der Waals surface area contributed by atoms with Crippen LogP contribution in [0.2, 0.25) is 0 Å². The highest BCUT2D eigenvalue weighted by Crippen LogP contribution is 2.33. The maximum atomic E-state index is 5.45. The molecular weight excluding hydrogens is 222 g/mol.